The van der Waals surface area contributed by atoms with Crippen LogP contribution in [0.1, 0.15) is 13.8 Å². The van der Waals surface area contributed by atoms with Crippen LogP contribution < -0.4 is 40.6 Å². The molecule has 0 aliphatic heterocycles. The van der Waals surface area contributed by atoms with Gasteiger partial charge in [-0.2, -0.15) is 0 Å². The molecule has 0 aliphatic carbocycles. The standard InChI is InChI=1S/C4H11N.CH3NS2.Na/c1-3-5-4-2;2-1(3)4;/h5H,3-4H2,1-2H3;(H3,2,3,4);/q;;+1/p-1. The van der Waals surface area contributed by atoms with Gasteiger partial charge in [0.15, 0.2) is 0 Å². The molecule has 0 aromatic carbocycles. The van der Waals surface area contributed by atoms with Crippen LogP contribution in [0.25, 0.3) is 0 Å². The summed E-state index contributed by atoms with van der Waals surface area (Å²) in [7, 11) is 0. The normalized spacial score (nSPS) is 6.60. The second kappa shape index (κ2) is 16.6. The van der Waals surface area contributed by atoms with Gasteiger partial charge in [0, 0.05) is 0 Å². The minimum atomic E-state index is 0. The maximum Gasteiger partial charge on any atom is 1.00 e. The molecule has 3 N–H and O–H groups in total. The molecule has 0 aromatic heterocycles. The molecule has 56 valence electrons. The summed E-state index contributed by atoms with van der Waals surface area (Å²) in [6, 6.07) is 0. The molecule has 10 heavy (non-hydrogen) atoms. The summed E-state index contributed by atoms with van der Waals surface area (Å²) in [6.07, 6.45) is 0. The number of nitrogens with two attached hydrogens (primary N) is 1. The van der Waals surface area contributed by atoms with Crippen LogP contribution in [0.2, 0.25) is 0 Å². The Balaban J connectivity index is -0.0000000910. The van der Waals surface area contributed by atoms with E-state index in [0.29, 0.717) is 0 Å². The molecule has 5 heteroatoms. The molecule has 0 bridgehead atoms. The van der Waals surface area contributed by atoms with Crippen LogP contribution in [0.5, 0.6) is 0 Å². The number of nitrogens with one attached hydrogen (secondary N) is 1. The zero-order chi connectivity index (χ0) is 7.70. The largest absolute Gasteiger partial charge is 1.00 e. The Hall–Kier alpha value is 1.07. The molecule has 0 rings (SSSR count). The summed E-state index contributed by atoms with van der Waals surface area (Å²) in [5.41, 5.74) is 4.66. The van der Waals surface area contributed by atoms with Gasteiger partial charge in [-0.3, -0.25) is 0 Å². The maximum atomic E-state index is 4.66. The molecule has 2 nitrogen and oxygen atoms in total. The van der Waals surface area contributed by atoms with Crippen LogP contribution in [0, 0.1) is 0 Å². The summed E-state index contributed by atoms with van der Waals surface area (Å²) in [5.74, 6) is 0. The molecule has 0 unspecified atom stereocenters. The van der Waals surface area contributed by atoms with E-state index in [1.807, 2.05) is 0 Å². The van der Waals surface area contributed by atoms with Crippen molar-refractivity contribution in [2.24, 2.45) is 5.73 Å². The monoisotopic (exact) mass is 188 g/mol. The van der Waals surface area contributed by atoms with Crippen molar-refractivity contribution in [2.45, 2.75) is 13.8 Å². The molecule has 0 saturated carbocycles. The van der Waals surface area contributed by atoms with E-state index in [1.165, 1.54) is 0 Å². The summed E-state index contributed by atoms with van der Waals surface area (Å²) < 4.78 is 0.0833. The van der Waals surface area contributed by atoms with Crippen molar-refractivity contribution in [3.63, 3.8) is 0 Å². The fraction of sp³-hybridized carbons (Fsp3) is 0.800. The van der Waals surface area contributed by atoms with E-state index < -0.39 is 0 Å². The molecule has 0 saturated heterocycles. The van der Waals surface area contributed by atoms with Crippen molar-refractivity contribution in [3.05, 3.63) is 0 Å². The number of hydrogen-bond donors (Lipinski definition) is 2. The molecule has 0 aromatic rings. The SMILES string of the molecule is CCNCC.NC(=S)[S-].[Na+]. The summed E-state index contributed by atoms with van der Waals surface area (Å²) in [4.78, 5) is 0. The van der Waals surface area contributed by atoms with E-state index in [0.717, 1.165) is 13.1 Å². The van der Waals surface area contributed by atoms with E-state index in [4.69, 9.17) is 0 Å². The van der Waals surface area contributed by atoms with E-state index >= 15 is 0 Å². The van der Waals surface area contributed by atoms with Crippen molar-refractivity contribution in [3.8, 4) is 0 Å². The Morgan fingerprint density at radius 1 is 1.50 bits per heavy atom. The Morgan fingerprint density at radius 2 is 1.70 bits per heavy atom. The first-order valence-corrected chi connectivity index (χ1v) is 3.63. The van der Waals surface area contributed by atoms with Crippen molar-refractivity contribution in [1.82, 2.24) is 5.32 Å². The maximum absolute atomic E-state index is 4.66. The summed E-state index contributed by atoms with van der Waals surface area (Å²) in [6.45, 7) is 6.39. The van der Waals surface area contributed by atoms with Crippen LogP contribution in [-0.4, -0.2) is 17.4 Å². The van der Waals surface area contributed by atoms with Gasteiger partial charge < -0.3 is 35.9 Å². The average Bonchev–Trinajstić information content (AvgIpc) is 1.66. The van der Waals surface area contributed by atoms with Gasteiger partial charge in [0.05, 0.1) is 0 Å². The van der Waals surface area contributed by atoms with Crippen LogP contribution in [0.4, 0.5) is 0 Å². The Morgan fingerprint density at radius 3 is 1.70 bits per heavy atom. The van der Waals surface area contributed by atoms with Gasteiger partial charge in [-0.1, -0.05) is 18.2 Å². The van der Waals surface area contributed by atoms with Crippen LogP contribution >= 0.6 is 12.2 Å². The zero-order valence-electron chi connectivity index (χ0n) is 6.81. The third kappa shape index (κ3) is 62.7. The quantitative estimate of drug-likeness (QED) is 0.283. The van der Waals surface area contributed by atoms with Crippen molar-refractivity contribution in [1.29, 1.82) is 0 Å². The smallest absolute Gasteiger partial charge is 0.415 e. The van der Waals surface area contributed by atoms with Gasteiger partial charge in [0.2, 0.25) is 0 Å². The summed E-state index contributed by atoms with van der Waals surface area (Å²) in [5, 5.41) is 3.11. The molecule has 0 amide bonds. The van der Waals surface area contributed by atoms with Crippen LogP contribution in [0.3, 0.4) is 0 Å². The summed E-state index contributed by atoms with van der Waals surface area (Å²) >= 11 is 8.26. The zero-order valence-corrected chi connectivity index (χ0v) is 10.4. The predicted octanol–water partition coefficient (Wildman–Crippen LogP) is -2.60. The Labute approximate surface area is 96.0 Å². The molecule has 0 aliphatic rings. The molecular formula is C5H13N2NaS2. The Bertz CT molecular complexity index is 64.7. The van der Waals surface area contributed by atoms with Gasteiger partial charge in [0.1, 0.15) is 0 Å². The third-order valence-corrected chi connectivity index (χ3v) is 0.500. The van der Waals surface area contributed by atoms with E-state index in [2.05, 4.69) is 49.7 Å². The van der Waals surface area contributed by atoms with Gasteiger partial charge in [0.25, 0.3) is 0 Å². The number of thiocarbonyl (C=S) groups is 1. The predicted molar refractivity (Wildman–Crippen MR) is 48.4 cm³/mol. The second-order valence-corrected chi connectivity index (χ2v) is 2.41. The van der Waals surface area contributed by atoms with Gasteiger partial charge in [-0.05, 0) is 13.1 Å². The second-order valence-electron chi connectivity index (χ2n) is 1.28. The molecule has 0 spiro atoms. The van der Waals surface area contributed by atoms with Gasteiger partial charge >= 0.3 is 29.6 Å². The topological polar surface area (TPSA) is 38.0 Å². The van der Waals surface area contributed by atoms with E-state index in [9.17, 15) is 0 Å². The fourth-order valence-electron chi connectivity index (χ4n) is 0.250. The number of rotatable bonds is 2. The minimum absolute atomic E-state index is 0. The van der Waals surface area contributed by atoms with Crippen LogP contribution in [0.15, 0.2) is 0 Å². The van der Waals surface area contributed by atoms with E-state index in [-0.39, 0.29) is 33.9 Å². The minimum Gasteiger partial charge on any atom is -0.415 e. The van der Waals surface area contributed by atoms with Gasteiger partial charge in [-0.25, -0.2) is 0 Å². The van der Waals surface area contributed by atoms with Crippen molar-refractivity contribution < 1.29 is 29.6 Å². The molecule has 0 radical (unpaired) electrons. The molecule has 0 heterocycles. The number of hydrogen-bond acceptors (Lipinski definition) is 3. The molecule has 0 atom stereocenters. The van der Waals surface area contributed by atoms with Crippen LogP contribution in [-0.2, 0) is 12.6 Å². The van der Waals surface area contributed by atoms with E-state index in [1.54, 1.807) is 0 Å². The average molecular weight is 188 g/mol. The molecular weight excluding hydrogens is 175 g/mol. The van der Waals surface area contributed by atoms with Crippen molar-refractivity contribution >= 4 is 29.2 Å². The Kier molecular flexibility index (Phi) is 28.6. The first kappa shape index (κ1) is 17.2. The van der Waals surface area contributed by atoms with Gasteiger partial charge in [-0.15, -0.1) is 0 Å². The third-order valence-electron chi connectivity index (χ3n) is 0.500. The van der Waals surface area contributed by atoms with Crippen molar-refractivity contribution in [2.75, 3.05) is 13.1 Å². The molecule has 0 fully saturated rings. The first-order valence-electron chi connectivity index (χ1n) is 2.82. The fourth-order valence-corrected chi connectivity index (χ4v) is 0.250. The first-order chi connectivity index (χ1) is 4.15.